The van der Waals surface area contributed by atoms with Crippen LogP contribution in [0.15, 0.2) is 18.3 Å². The Bertz CT molecular complexity index is 579. The maximum atomic E-state index is 9.03. The lowest BCUT2D eigenvalue weighted by atomic mass is 10.1. The van der Waals surface area contributed by atoms with Gasteiger partial charge >= 0.3 is 0 Å². The van der Waals surface area contributed by atoms with Gasteiger partial charge in [-0.3, -0.25) is 0 Å². The van der Waals surface area contributed by atoms with Crippen LogP contribution in [-0.4, -0.2) is 18.8 Å². The number of benzene rings is 1. The lowest BCUT2D eigenvalue weighted by Gasteiger charge is -2.07. The van der Waals surface area contributed by atoms with Gasteiger partial charge in [0.1, 0.15) is 17.6 Å². The van der Waals surface area contributed by atoms with Gasteiger partial charge in [0.2, 0.25) is 0 Å². The zero-order chi connectivity index (χ0) is 11.7. The van der Waals surface area contributed by atoms with Gasteiger partial charge in [-0.05, 0) is 6.07 Å². The maximum absolute atomic E-state index is 9.03. The molecule has 0 saturated heterocycles. The fraction of sp³-hybridized carbons (Fsp3) is 0.250. The molecule has 2 aromatic rings. The Morgan fingerprint density at radius 3 is 2.56 bits per heavy atom. The molecule has 0 fully saturated rings. The van der Waals surface area contributed by atoms with Crippen molar-refractivity contribution in [3.05, 3.63) is 23.9 Å². The van der Waals surface area contributed by atoms with E-state index in [1.165, 1.54) is 0 Å². The van der Waals surface area contributed by atoms with Gasteiger partial charge in [-0.15, -0.1) is 0 Å². The highest BCUT2D eigenvalue weighted by atomic mass is 16.5. The lowest BCUT2D eigenvalue weighted by Crippen LogP contribution is -1.92. The topological polar surface area (TPSA) is 47.2 Å². The van der Waals surface area contributed by atoms with E-state index in [1.807, 2.05) is 23.7 Å². The van der Waals surface area contributed by atoms with E-state index in [1.54, 1.807) is 20.4 Å². The van der Waals surface area contributed by atoms with Gasteiger partial charge in [-0.25, -0.2) is 0 Å². The van der Waals surface area contributed by atoms with E-state index in [4.69, 9.17) is 14.7 Å². The van der Waals surface area contributed by atoms with Crippen molar-refractivity contribution in [2.24, 2.45) is 7.05 Å². The van der Waals surface area contributed by atoms with Crippen LogP contribution in [0.1, 0.15) is 5.56 Å². The van der Waals surface area contributed by atoms with Gasteiger partial charge in [-0.1, -0.05) is 0 Å². The van der Waals surface area contributed by atoms with Crippen LogP contribution in [0.3, 0.4) is 0 Å². The molecule has 1 heterocycles. The monoisotopic (exact) mass is 216 g/mol. The molecule has 1 aromatic carbocycles. The maximum Gasteiger partial charge on any atom is 0.146 e. The number of hydrogen-bond acceptors (Lipinski definition) is 3. The van der Waals surface area contributed by atoms with E-state index in [0.29, 0.717) is 17.1 Å². The Hall–Kier alpha value is -2.15. The molecule has 0 N–H and O–H groups in total. The van der Waals surface area contributed by atoms with Gasteiger partial charge < -0.3 is 14.0 Å². The third kappa shape index (κ3) is 1.38. The molecule has 0 bridgehead atoms. The number of rotatable bonds is 2. The third-order valence-electron chi connectivity index (χ3n) is 2.59. The Kier molecular flexibility index (Phi) is 2.45. The molecule has 0 radical (unpaired) electrons. The largest absolute Gasteiger partial charge is 0.497 e. The summed E-state index contributed by atoms with van der Waals surface area (Å²) in [6, 6.07) is 5.81. The molecule has 82 valence electrons. The Balaban J connectivity index is 2.87. The van der Waals surface area contributed by atoms with E-state index in [2.05, 4.69) is 6.07 Å². The number of aromatic nitrogens is 1. The summed E-state index contributed by atoms with van der Waals surface area (Å²) in [5.41, 5.74) is 1.52. The summed E-state index contributed by atoms with van der Waals surface area (Å²) in [6.45, 7) is 0. The minimum absolute atomic E-state index is 0.620. The van der Waals surface area contributed by atoms with Crippen LogP contribution in [0.25, 0.3) is 10.9 Å². The number of ether oxygens (including phenoxy) is 2. The van der Waals surface area contributed by atoms with Crippen molar-refractivity contribution in [3.8, 4) is 17.6 Å². The van der Waals surface area contributed by atoms with Crippen LogP contribution in [0.4, 0.5) is 0 Å². The van der Waals surface area contributed by atoms with Gasteiger partial charge in [0.15, 0.2) is 0 Å². The van der Waals surface area contributed by atoms with Crippen molar-refractivity contribution in [2.75, 3.05) is 14.2 Å². The summed E-state index contributed by atoms with van der Waals surface area (Å²) >= 11 is 0. The highest BCUT2D eigenvalue weighted by Crippen LogP contribution is 2.33. The SMILES string of the molecule is COc1cc(OC)c2c(c1)c(C#N)cn2C. The summed E-state index contributed by atoms with van der Waals surface area (Å²) in [6.07, 6.45) is 1.78. The molecule has 4 heteroatoms. The molecular weight excluding hydrogens is 204 g/mol. The Morgan fingerprint density at radius 2 is 2.00 bits per heavy atom. The molecule has 0 saturated carbocycles. The summed E-state index contributed by atoms with van der Waals surface area (Å²) in [4.78, 5) is 0. The number of hydrogen-bond donors (Lipinski definition) is 0. The lowest BCUT2D eigenvalue weighted by molar-refractivity contribution is 0.397. The van der Waals surface area contributed by atoms with E-state index in [9.17, 15) is 0 Å². The minimum Gasteiger partial charge on any atom is -0.497 e. The average Bonchev–Trinajstić information content (AvgIpc) is 2.65. The van der Waals surface area contributed by atoms with Crippen molar-refractivity contribution in [2.45, 2.75) is 0 Å². The molecule has 0 aliphatic carbocycles. The predicted molar refractivity (Wildman–Crippen MR) is 60.7 cm³/mol. The first kappa shape index (κ1) is 10.4. The molecular formula is C12H12N2O2. The van der Waals surface area contributed by atoms with Gasteiger partial charge in [0, 0.05) is 24.7 Å². The summed E-state index contributed by atoms with van der Waals surface area (Å²) in [5.74, 6) is 1.39. The normalized spacial score (nSPS) is 10.1. The fourth-order valence-electron chi connectivity index (χ4n) is 1.84. The predicted octanol–water partition coefficient (Wildman–Crippen LogP) is 2.07. The van der Waals surface area contributed by atoms with E-state index < -0.39 is 0 Å². The second-order valence-corrected chi connectivity index (χ2v) is 3.49. The number of methoxy groups -OCH3 is 2. The number of aryl methyl sites for hydroxylation is 1. The highest BCUT2D eigenvalue weighted by Gasteiger charge is 2.12. The van der Waals surface area contributed by atoms with Crippen LogP contribution in [0, 0.1) is 11.3 Å². The molecule has 2 rings (SSSR count). The first-order valence-corrected chi connectivity index (χ1v) is 4.82. The van der Waals surface area contributed by atoms with Gasteiger partial charge in [-0.2, -0.15) is 5.26 Å². The average molecular weight is 216 g/mol. The van der Waals surface area contributed by atoms with Crippen LogP contribution in [0.5, 0.6) is 11.5 Å². The van der Waals surface area contributed by atoms with E-state index >= 15 is 0 Å². The van der Waals surface area contributed by atoms with Crippen molar-refractivity contribution in [3.63, 3.8) is 0 Å². The van der Waals surface area contributed by atoms with Gasteiger partial charge in [0.25, 0.3) is 0 Å². The fourth-order valence-corrected chi connectivity index (χ4v) is 1.84. The third-order valence-corrected chi connectivity index (χ3v) is 2.59. The summed E-state index contributed by atoms with van der Waals surface area (Å²) < 4.78 is 12.4. The standard InChI is InChI=1S/C12H12N2O2/c1-14-7-8(6-13)10-4-9(15-2)5-11(16-3)12(10)14/h4-5,7H,1-3H3. The van der Waals surface area contributed by atoms with Crippen LogP contribution in [0.2, 0.25) is 0 Å². The molecule has 0 unspecified atom stereocenters. The number of fused-ring (bicyclic) bond motifs is 1. The van der Waals surface area contributed by atoms with Crippen molar-refractivity contribution < 1.29 is 9.47 Å². The highest BCUT2D eigenvalue weighted by molar-refractivity contribution is 5.92. The molecule has 1 aromatic heterocycles. The quantitative estimate of drug-likeness (QED) is 0.772. The van der Waals surface area contributed by atoms with Crippen LogP contribution < -0.4 is 9.47 Å². The first-order chi connectivity index (χ1) is 7.71. The van der Waals surface area contributed by atoms with E-state index in [-0.39, 0.29) is 0 Å². The smallest absolute Gasteiger partial charge is 0.146 e. The molecule has 0 atom stereocenters. The second kappa shape index (κ2) is 3.78. The van der Waals surface area contributed by atoms with Crippen molar-refractivity contribution >= 4 is 10.9 Å². The summed E-state index contributed by atoms with van der Waals surface area (Å²) in [7, 11) is 5.08. The Morgan fingerprint density at radius 1 is 1.25 bits per heavy atom. The molecule has 0 spiro atoms. The molecule has 4 nitrogen and oxygen atoms in total. The van der Waals surface area contributed by atoms with E-state index in [0.717, 1.165) is 10.9 Å². The number of nitrogens with zero attached hydrogens (tertiary/aromatic N) is 2. The molecule has 16 heavy (non-hydrogen) atoms. The summed E-state index contributed by atoms with van der Waals surface area (Å²) in [5, 5.41) is 9.88. The zero-order valence-corrected chi connectivity index (χ0v) is 9.44. The Labute approximate surface area is 93.6 Å². The van der Waals surface area contributed by atoms with Gasteiger partial charge in [0.05, 0.1) is 25.3 Å². The van der Waals surface area contributed by atoms with Crippen molar-refractivity contribution in [1.29, 1.82) is 5.26 Å². The first-order valence-electron chi connectivity index (χ1n) is 4.82. The van der Waals surface area contributed by atoms with Crippen molar-refractivity contribution in [1.82, 2.24) is 4.57 Å². The molecule has 0 amide bonds. The van der Waals surface area contributed by atoms with Crippen LogP contribution in [-0.2, 0) is 7.05 Å². The second-order valence-electron chi connectivity index (χ2n) is 3.49. The minimum atomic E-state index is 0.620. The zero-order valence-electron chi connectivity index (χ0n) is 9.44. The molecule has 0 aliphatic rings. The molecule has 0 aliphatic heterocycles. The number of nitriles is 1. The van der Waals surface area contributed by atoms with Crippen LogP contribution >= 0.6 is 0 Å².